The molecule has 1 unspecified atom stereocenters. The Kier molecular flexibility index (Phi) is 17.4. The normalized spacial score (nSPS) is 11.1. The number of rotatable bonds is 6. The van der Waals surface area contributed by atoms with E-state index in [1.807, 2.05) is 0 Å². The number of hydrogen-bond donors (Lipinski definition) is 0. The molecule has 0 saturated carbocycles. The van der Waals surface area contributed by atoms with Crippen LogP contribution in [0.5, 0.6) is 0 Å². The Morgan fingerprint density at radius 2 is 1.02 bits per heavy atom. The SMILES string of the molecule is CCC(C)P(c1ccccc1)c1ccccc1.FC(F)(F)c1cc[c-]cc1.[Cl][Ni].c1ccc(Pc2ccccc2)cc1. The van der Waals surface area contributed by atoms with Crippen LogP contribution in [0.2, 0.25) is 0 Å². The first-order chi connectivity index (χ1) is 20.4. The van der Waals surface area contributed by atoms with Crippen LogP contribution >= 0.6 is 26.7 Å². The van der Waals surface area contributed by atoms with Crippen LogP contribution in [-0.2, 0) is 20.7 Å². The summed E-state index contributed by atoms with van der Waals surface area (Å²) in [6.45, 7) is 4.65. The van der Waals surface area contributed by atoms with Crippen molar-refractivity contribution in [2.75, 3.05) is 0 Å². The Labute approximate surface area is 263 Å². The monoisotopic (exact) mass is 666 g/mol. The van der Waals surface area contributed by atoms with Gasteiger partial charge in [0.05, 0.1) is 0 Å². The second kappa shape index (κ2) is 20.4. The predicted octanol–water partition coefficient (Wildman–Crippen LogP) is 9.43. The fourth-order valence-electron chi connectivity index (χ4n) is 3.80. The molecule has 0 N–H and O–H groups in total. The third kappa shape index (κ3) is 13.2. The van der Waals surface area contributed by atoms with Gasteiger partial charge in [-0.2, -0.15) is 43.5 Å². The summed E-state index contributed by atoms with van der Waals surface area (Å²) in [7, 11) is 4.83. The smallest absolute Gasteiger partial charge is 0.0226 e. The molecule has 0 saturated heterocycles. The number of benzene rings is 5. The van der Waals surface area contributed by atoms with Gasteiger partial charge in [-0.3, -0.25) is 0 Å². The van der Waals surface area contributed by atoms with Gasteiger partial charge in [0.1, 0.15) is 0 Å². The molecule has 223 valence electrons. The molecule has 0 fully saturated rings. The van der Waals surface area contributed by atoms with Crippen LogP contribution in [0.15, 0.2) is 146 Å². The van der Waals surface area contributed by atoms with Gasteiger partial charge in [0.15, 0.2) is 0 Å². The zero-order valence-corrected chi connectivity index (χ0v) is 27.1. The molecule has 0 spiro atoms. The summed E-state index contributed by atoms with van der Waals surface area (Å²) in [6, 6.07) is 50.0. The van der Waals surface area contributed by atoms with E-state index in [2.05, 4.69) is 166 Å². The van der Waals surface area contributed by atoms with E-state index in [0.717, 1.165) is 26.4 Å². The molecule has 0 radical (unpaired) electrons. The topological polar surface area (TPSA) is 0 Å². The summed E-state index contributed by atoms with van der Waals surface area (Å²) < 4.78 is 35.3. The van der Waals surface area contributed by atoms with E-state index in [1.54, 1.807) is 0 Å². The van der Waals surface area contributed by atoms with Crippen LogP contribution in [0.4, 0.5) is 13.2 Å². The zero-order valence-electron chi connectivity index (χ0n) is 23.4. The van der Waals surface area contributed by atoms with Crippen molar-refractivity contribution in [3.05, 3.63) is 157 Å². The van der Waals surface area contributed by atoms with Gasteiger partial charge in [0.25, 0.3) is 0 Å². The number of alkyl halides is 3. The average Bonchev–Trinajstić information content (AvgIpc) is 3.05. The Morgan fingerprint density at radius 1 is 0.667 bits per heavy atom. The average molecular weight is 668 g/mol. The van der Waals surface area contributed by atoms with Crippen molar-refractivity contribution in [2.24, 2.45) is 0 Å². The van der Waals surface area contributed by atoms with Crippen molar-refractivity contribution >= 4 is 47.9 Å². The molecule has 0 amide bonds. The van der Waals surface area contributed by atoms with Crippen LogP contribution in [0.3, 0.4) is 0 Å². The van der Waals surface area contributed by atoms with Crippen LogP contribution in [-0.4, -0.2) is 5.66 Å². The molecule has 0 aromatic heterocycles. The quantitative estimate of drug-likeness (QED) is 0.0962. The fraction of sp³-hybridized carbons (Fsp3) is 0.143. The van der Waals surface area contributed by atoms with Gasteiger partial charge in [0, 0.05) is 0 Å². The molecule has 5 rings (SSSR count). The van der Waals surface area contributed by atoms with Crippen molar-refractivity contribution in [3.8, 4) is 0 Å². The Morgan fingerprint density at radius 3 is 1.33 bits per heavy atom. The Hall–Kier alpha value is -2.47. The van der Waals surface area contributed by atoms with E-state index in [-0.39, 0.29) is 7.92 Å². The van der Waals surface area contributed by atoms with E-state index >= 15 is 0 Å². The minimum Gasteiger partial charge on any atom is -0.0622 e. The van der Waals surface area contributed by atoms with Crippen LogP contribution in [0.1, 0.15) is 25.8 Å². The summed E-state index contributed by atoms with van der Waals surface area (Å²) in [5.74, 6) is 0. The summed E-state index contributed by atoms with van der Waals surface area (Å²) >= 11 is 3.35. The Balaban J connectivity index is 0.000000221. The third-order valence-electron chi connectivity index (χ3n) is 5.98. The first-order valence-electron chi connectivity index (χ1n) is 13.3. The Bertz CT molecular complexity index is 1270. The maximum Gasteiger partial charge on any atom is -0.0226 e. The summed E-state index contributed by atoms with van der Waals surface area (Å²) in [6.07, 6.45) is -3.00. The largest absolute Gasteiger partial charge is 0.0622 e. The molecule has 0 aliphatic heterocycles. The number of halogens is 4. The molecule has 0 aliphatic rings. The molecule has 7 heteroatoms. The van der Waals surface area contributed by atoms with Gasteiger partial charge in [-0.05, 0) is 41.2 Å². The zero-order chi connectivity index (χ0) is 30.6. The summed E-state index contributed by atoms with van der Waals surface area (Å²) in [5.41, 5.74) is 0.0982. The minimum absolute atomic E-state index is 0.212. The first kappa shape index (κ1) is 35.7. The van der Waals surface area contributed by atoms with Crippen LogP contribution < -0.4 is 21.2 Å². The van der Waals surface area contributed by atoms with E-state index < -0.39 is 11.7 Å². The maximum atomic E-state index is 11.8. The molecular formula is C35H34ClF3NiP2-. The van der Waals surface area contributed by atoms with E-state index in [1.165, 1.54) is 39.8 Å². The molecule has 1 atom stereocenters. The van der Waals surface area contributed by atoms with Gasteiger partial charge in [-0.25, -0.2) is 0 Å². The van der Waals surface area contributed by atoms with E-state index in [9.17, 15) is 13.2 Å². The molecule has 0 heterocycles. The van der Waals surface area contributed by atoms with Gasteiger partial charge >= 0.3 is 30.9 Å². The van der Waals surface area contributed by atoms with Gasteiger partial charge in [-0.15, -0.1) is 0 Å². The van der Waals surface area contributed by atoms with Crippen LogP contribution in [0.25, 0.3) is 0 Å². The van der Waals surface area contributed by atoms with E-state index in [4.69, 9.17) is 0 Å². The molecule has 0 aliphatic carbocycles. The second-order valence-electron chi connectivity index (χ2n) is 8.94. The third-order valence-corrected chi connectivity index (χ3v) is 10.2. The molecule has 5 aromatic rings. The molecule has 42 heavy (non-hydrogen) atoms. The van der Waals surface area contributed by atoms with Crippen molar-refractivity contribution in [1.29, 1.82) is 0 Å². The van der Waals surface area contributed by atoms with Crippen molar-refractivity contribution < 1.29 is 27.7 Å². The number of hydrogen-bond acceptors (Lipinski definition) is 0. The molecule has 0 bridgehead atoms. The molecule has 0 nitrogen and oxygen atoms in total. The molecule has 5 aromatic carbocycles. The van der Waals surface area contributed by atoms with Crippen molar-refractivity contribution in [1.82, 2.24) is 0 Å². The van der Waals surface area contributed by atoms with Gasteiger partial charge < -0.3 is 0 Å². The maximum absolute atomic E-state index is 11.8. The fourth-order valence-corrected chi connectivity index (χ4v) is 7.52. The van der Waals surface area contributed by atoms with Crippen molar-refractivity contribution in [2.45, 2.75) is 32.1 Å². The van der Waals surface area contributed by atoms with Gasteiger partial charge in [-0.1, -0.05) is 149 Å². The van der Waals surface area contributed by atoms with E-state index in [0.29, 0.717) is 0 Å². The first-order valence-corrected chi connectivity index (χ1v) is 17.1. The van der Waals surface area contributed by atoms with Crippen LogP contribution in [0, 0.1) is 6.07 Å². The second-order valence-corrected chi connectivity index (χ2v) is 13.0. The summed E-state index contributed by atoms with van der Waals surface area (Å²) in [5, 5.41) is 5.77. The predicted molar refractivity (Wildman–Crippen MR) is 175 cm³/mol. The van der Waals surface area contributed by atoms with Crippen molar-refractivity contribution in [3.63, 3.8) is 0 Å². The molecular weight excluding hydrogens is 633 g/mol. The minimum atomic E-state index is -4.23. The standard InChI is InChI=1S/C16H19P.C12H11P.C7H4F3.ClH.Ni/c1-3-14(2)17(15-10-6-4-7-11-15)16-12-8-5-9-13-16;1-3-7-11(8-4-1)13-12-9-5-2-6-10-12;8-7(9,10)6-4-2-1-3-5-6;;/h4-14H,3H2,1-2H3;1-10,13H;2-5H;1H;/q;;-1;;+1/p-1. The summed E-state index contributed by atoms with van der Waals surface area (Å²) in [4.78, 5) is 0. The van der Waals surface area contributed by atoms with Gasteiger partial charge in [0.2, 0.25) is 0 Å².